The van der Waals surface area contributed by atoms with Crippen molar-refractivity contribution in [2.24, 2.45) is 0 Å². The number of nitrogens with one attached hydrogen (secondary N) is 1. The van der Waals surface area contributed by atoms with Crippen molar-refractivity contribution in [3.8, 4) is 5.75 Å². The Morgan fingerprint density at radius 1 is 1.45 bits per heavy atom. The summed E-state index contributed by atoms with van der Waals surface area (Å²) in [4.78, 5) is 0. The van der Waals surface area contributed by atoms with E-state index in [1.54, 1.807) is 6.07 Å². The van der Waals surface area contributed by atoms with Gasteiger partial charge in [-0.2, -0.15) is 0 Å². The second-order valence-electron chi connectivity index (χ2n) is 2.70. The predicted molar refractivity (Wildman–Crippen MR) is 44.7 cm³/mol. The second kappa shape index (κ2) is 2.05. The minimum Gasteiger partial charge on any atom is -0.506 e. The van der Waals surface area contributed by atoms with Gasteiger partial charge in [0.15, 0.2) is 0 Å². The van der Waals surface area contributed by atoms with Crippen LogP contribution in [-0.4, -0.2) is 11.7 Å². The van der Waals surface area contributed by atoms with Gasteiger partial charge in [-0.05, 0) is 18.6 Å². The lowest BCUT2D eigenvalue weighted by Gasteiger charge is -2.04. The van der Waals surface area contributed by atoms with Crippen molar-refractivity contribution in [2.45, 2.75) is 6.42 Å². The minimum absolute atomic E-state index is 0.187. The van der Waals surface area contributed by atoms with Crippen LogP contribution >= 0.6 is 0 Å². The molecule has 58 valence electrons. The maximum atomic E-state index is 9.23. The number of benzene rings is 1. The van der Waals surface area contributed by atoms with Crippen molar-refractivity contribution in [1.82, 2.24) is 0 Å². The van der Waals surface area contributed by atoms with E-state index in [9.17, 15) is 5.11 Å². The first-order valence-corrected chi connectivity index (χ1v) is 3.63. The molecule has 0 saturated carbocycles. The Kier molecular flexibility index (Phi) is 1.18. The van der Waals surface area contributed by atoms with Crippen LogP contribution in [-0.2, 0) is 6.42 Å². The van der Waals surface area contributed by atoms with Gasteiger partial charge in [-0.15, -0.1) is 0 Å². The molecular weight excluding hydrogens is 140 g/mol. The van der Waals surface area contributed by atoms with E-state index in [0.29, 0.717) is 5.69 Å². The van der Waals surface area contributed by atoms with Crippen LogP contribution in [0.1, 0.15) is 5.56 Å². The lowest BCUT2D eigenvalue weighted by Crippen LogP contribution is -1.91. The molecule has 0 unspecified atom stereocenters. The summed E-state index contributed by atoms with van der Waals surface area (Å²) in [6.07, 6.45) is 0.912. The summed E-state index contributed by atoms with van der Waals surface area (Å²) < 4.78 is 0. The second-order valence-corrected chi connectivity index (χ2v) is 2.70. The molecule has 1 aromatic carbocycles. The first-order valence-electron chi connectivity index (χ1n) is 3.63. The van der Waals surface area contributed by atoms with E-state index in [0.717, 1.165) is 24.2 Å². The Labute approximate surface area is 64.8 Å². The highest BCUT2D eigenvalue weighted by atomic mass is 16.3. The Morgan fingerprint density at radius 3 is 3.09 bits per heavy atom. The third kappa shape index (κ3) is 0.808. The van der Waals surface area contributed by atoms with Gasteiger partial charge in [0.1, 0.15) is 5.75 Å². The zero-order chi connectivity index (χ0) is 7.84. The van der Waals surface area contributed by atoms with Gasteiger partial charge in [0.25, 0.3) is 0 Å². The first kappa shape index (κ1) is 6.34. The number of anilines is 2. The summed E-state index contributed by atoms with van der Waals surface area (Å²) >= 11 is 0. The Hall–Kier alpha value is -1.38. The van der Waals surface area contributed by atoms with E-state index < -0.39 is 0 Å². The molecule has 0 fully saturated rings. The van der Waals surface area contributed by atoms with E-state index >= 15 is 0 Å². The number of nitrogens with two attached hydrogens (primary N) is 1. The topological polar surface area (TPSA) is 58.3 Å². The standard InChI is InChI=1S/C8H10N2O/c9-8-5-3-4-10-6(5)1-2-7(8)11/h1-2,10-11H,3-4,9H2. The average Bonchev–Trinajstić information content (AvgIpc) is 2.45. The molecule has 0 aliphatic carbocycles. The number of fused-ring (bicyclic) bond motifs is 1. The molecule has 0 radical (unpaired) electrons. The molecule has 1 aliphatic rings. The molecule has 0 atom stereocenters. The normalized spacial score (nSPS) is 14.2. The van der Waals surface area contributed by atoms with Gasteiger partial charge in [-0.1, -0.05) is 0 Å². The van der Waals surface area contributed by atoms with Crippen molar-refractivity contribution < 1.29 is 5.11 Å². The molecule has 0 amide bonds. The number of phenols is 1. The van der Waals surface area contributed by atoms with Crippen molar-refractivity contribution in [3.63, 3.8) is 0 Å². The molecule has 1 aliphatic heterocycles. The number of hydrogen-bond donors (Lipinski definition) is 3. The fourth-order valence-electron chi connectivity index (χ4n) is 1.41. The molecule has 0 bridgehead atoms. The molecule has 0 saturated heterocycles. The van der Waals surface area contributed by atoms with Crippen LogP contribution in [0.15, 0.2) is 12.1 Å². The van der Waals surface area contributed by atoms with Gasteiger partial charge < -0.3 is 16.2 Å². The zero-order valence-corrected chi connectivity index (χ0v) is 6.09. The summed E-state index contributed by atoms with van der Waals surface area (Å²) in [5.74, 6) is 0.187. The number of hydrogen-bond acceptors (Lipinski definition) is 3. The quantitative estimate of drug-likeness (QED) is 0.293. The van der Waals surface area contributed by atoms with Gasteiger partial charge in [0.2, 0.25) is 0 Å². The van der Waals surface area contributed by atoms with Crippen LogP contribution in [0.5, 0.6) is 5.75 Å². The Bertz CT molecular complexity index is 296. The Morgan fingerprint density at radius 2 is 2.27 bits per heavy atom. The van der Waals surface area contributed by atoms with Crippen LogP contribution in [0.2, 0.25) is 0 Å². The van der Waals surface area contributed by atoms with E-state index in [-0.39, 0.29) is 5.75 Å². The van der Waals surface area contributed by atoms with Crippen LogP contribution in [0, 0.1) is 0 Å². The molecule has 1 aromatic rings. The molecule has 0 spiro atoms. The van der Waals surface area contributed by atoms with Crippen molar-refractivity contribution in [3.05, 3.63) is 17.7 Å². The smallest absolute Gasteiger partial charge is 0.138 e. The van der Waals surface area contributed by atoms with E-state index in [4.69, 9.17) is 5.73 Å². The van der Waals surface area contributed by atoms with Crippen molar-refractivity contribution in [2.75, 3.05) is 17.6 Å². The number of phenolic OH excluding ortho intramolecular Hbond substituents is 1. The van der Waals surface area contributed by atoms with Gasteiger partial charge in [-0.3, -0.25) is 0 Å². The highest BCUT2D eigenvalue weighted by molar-refractivity contribution is 5.71. The maximum absolute atomic E-state index is 9.23. The van der Waals surface area contributed by atoms with E-state index in [1.165, 1.54) is 0 Å². The molecular formula is C8H10N2O. The monoisotopic (exact) mass is 150 g/mol. The summed E-state index contributed by atoms with van der Waals surface area (Å²) in [7, 11) is 0. The fraction of sp³-hybridized carbons (Fsp3) is 0.250. The number of aromatic hydroxyl groups is 1. The highest BCUT2D eigenvalue weighted by Gasteiger charge is 2.14. The lowest BCUT2D eigenvalue weighted by atomic mass is 10.1. The van der Waals surface area contributed by atoms with Crippen LogP contribution in [0.3, 0.4) is 0 Å². The number of nitrogen functional groups attached to an aromatic ring is 1. The van der Waals surface area contributed by atoms with Crippen LogP contribution in [0.25, 0.3) is 0 Å². The summed E-state index contributed by atoms with van der Waals surface area (Å²) in [5.41, 5.74) is 8.27. The van der Waals surface area contributed by atoms with Crippen LogP contribution in [0.4, 0.5) is 11.4 Å². The molecule has 11 heavy (non-hydrogen) atoms. The van der Waals surface area contributed by atoms with Gasteiger partial charge in [-0.25, -0.2) is 0 Å². The largest absolute Gasteiger partial charge is 0.506 e. The van der Waals surface area contributed by atoms with Crippen molar-refractivity contribution >= 4 is 11.4 Å². The third-order valence-corrected chi connectivity index (χ3v) is 2.02. The van der Waals surface area contributed by atoms with E-state index in [1.807, 2.05) is 6.07 Å². The lowest BCUT2D eigenvalue weighted by molar-refractivity contribution is 0.477. The van der Waals surface area contributed by atoms with Gasteiger partial charge in [0.05, 0.1) is 5.69 Å². The Balaban J connectivity index is 2.62. The summed E-state index contributed by atoms with van der Waals surface area (Å²) in [6, 6.07) is 3.47. The van der Waals surface area contributed by atoms with Crippen molar-refractivity contribution in [1.29, 1.82) is 0 Å². The summed E-state index contributed by atoms with van der Waals surface area (Å²) in [6.45, 7) is 0.920. The van der Waals surface area contributed by atoms with Gasteiger partial charge in [0, 0.05) is 17.8 Å². The van der Waals surface area contributed by atoms with Crippen LogP contribution < -0.4 is 11.1 Å². The maximum Gasteiger partial charge on any atom is 0.138 e. The molecule has 4 N–H and O–H groups in total. The molecule has 3 heteroatoms. The highest BCUT2D eigenvalue weighted by Crippen LogP contribution is 2.33. The SMILES string of the molecule is Nc1c(O)ccc2c1CCN2. The minimum atomic E-state index is 0.187. The average molecular weight is 150 g/mol. The van der Waals surface area contributed by atoms with Gasteiger partial charge >= 0.3 is 0 Å². The molecule has 3 nitrogen and oxygen atoms in total. The molecule has 0 aromatic heterocycles. The zero-order valence-electron chi connectivity index (χ0n) is 6.09. The summed E-state index contributed by atoms with van der Waals surface area (Å²) in [5, 5.41) is 12.4. The predicted octanol–water partition coefficient (Wildman–Crippen LogP) is 0.942. The molecule has 2 rings (SSSR count). The third-order valence-electron chi connectivity index (χ3n) is 2.02. The fourth-order valence-corrected chi connectivity index (χ4v) is 1.41. The molecule has 1 heterocycles. The first-order chi connectivity index (χ1) is 5.29. The number of rotatable bonds is 0. The van der Waals surface area contributed by atoms with E-state index in [2.05, 4.69) is 5.32 Å².